The molecule has 1 aromatic heterocycles. The van der Waals surface area contributed by atoms with Crippen molar-refractivity contribution in [3.63, 3.8) is 0 Å². The number of carbonyl (C=O) groups is 2. The van der Waals surface area contributed by atoms with Gasteiger partial charge in [-0.05, 0) is 37.6 Å². The van der Waals surface area contributed by atoms with Gasteiger partial charge in [0.05, 0.1) is 0 Å². The fourth-order valence-corrected chi connectivity index (χ4v) is 3.16. The molecule has 0 aliphatic carbocycles. The van der Waals surface area contributed by atoms with Crippen molar-refractivity contribution in [1.29, 1.82) is 0 Å². The number of hydrogen-bond donors (Lipinski definition) is 2. The van der Waals surface area contributed by atoms with Crippen molar-refractivity contribution >= 4 is 39.3 Å². The van der Waals surface area contributed by atoms with Crippen LogP contribution in [-0.4, -0.2) is 36.6 Å². The van der Waals surface area contributed by atoms with Gasteiger partial charge in [-0.25, -0.2) is 0 Å². The monoisotopic (exact) mass is 353 g/mol. The summed E-state index contributed by atoms with van der Waals surface area (Å²) >= 11 is 0. The molecule has 0 aliphatic heterocycles. The van der Waals surface area contributed by atoms with E-state index >= 15 is 0 Å². The van der Waals surface area contributed by atoms with Gasteiger partial charge in [-0.15, -0.1) is 0 Å². The maximum atomic E-state index is 12.1. The summed E-state index contributed by atoms with van der Waals surface area (Å²) in [6, 6.07) is 13.9. The van der Waals surface area contributed by atoms with Crippen molar-refractivity contribution in [3.05, 3.63) is 42.5 Å². The molecule has 0 radical (unpaired) electrons. The van der Waals surface area contributed by atoms with Crippen molar-refractivity contribution in [2.24, 2.45) is 0 Å². The molecule has 0 atom stereocenters. The molecular weight excluding hydrogens is 330 g/mol. The van der Waals surface area contributed by atoms with E-state index in [0.717, 1.165) is 28.4 Å². The number of hydrogen-bond acceptors (Lipinski definition) is 3. The van der Waals surface area contributed by atoms with Crippen LogP contribution >= 0.6 is 0 Å². The molecule has 0 saturated heterocycles. The summed E-state index contributed by atoms with van der Waals surface area (Å²) in [7, 11) is 1.60. The number of methoxy groups -OCH3 is 1. The Kier molecular flexibility index (Phi) is 5.53. The zero-order valence-electron chi connectivity index (χ0n) is 15.0. The average Bonchev–Trinajstić information content (AvgIpc) is 2.98. The van der Waals surface area contributed by atoms with Gasteiger partial charge in [0.15, 0.2) is 0 Å². The summed E-state index contributed by atoms with van der Waals surface area (Å²) in [4.78, 5) is 23.9. The number of para-hydroxylation sites is 1. The minimum Gasteiger partial charge on any atom is -0.385 e. The van der Waals surface area contributed by atoms with Crippen LogP contribution in [-0.2, 0) is 20.9 Å². The number of rotatable bonds is 6. The largest absolute Gasteiger partial charge is 0.385 e. The molecule has 0 aliphatic rings. The van der Waals surface area contributed by atoms with Crippen molar-refractivity contribution < 1.29 is 14.3 Å². The molecule has 0 saturated carbocycles. The van der Waals surface area contributed by atoms with Gasteiger partial charge in [0.25, 0.3) is 0 Å². The second-order valence-electron chi connectivity index (χ2n) is 6.05. The van der Waals surface area contributed by atoms with Crippen molar-refractivity contribution in [2.75, 3.05) is 25.6 Å². The Bertz CT molecular complexity index is 946. The molecule has 6 heteroatoms. The van der Waals surface area contributed by atoms with Crippen LogP contribution in [0.3, 0.4) is 0 Å². The average molecular weight is 353 g/mol. The highest BCUT2D eigenvalue weighted by Gasteiger charge is 2.15. The van der Waals surface area contributed by atoms with Crippen LogP contribution in [0.1, 0.15) is 13.3 Å². The van der Waals surface area contributed by atoms with Gasteiger partial charge < -0.3 is 19.9 Å². The molecule has 3 aromatic rings. The lowest BCUT2D eigenvalue weighted by molar-refractivity contribution is -0.136. The van der Waals surface area contributed by atoms with Crippen molar-refractivity contribution in [3.8, 4) is 0 Å². The number of anilines is 1. The number of fused-ring (bicyclic) bond motifs is 3. The van der Waals surface area contributed by atoms with Crippen molar-refractivity contribution in [1.82, 2.24) is 9.88 Å². The second-order valence-corrected chi connectivity index (χ2v) is 6.05. The number of aryl methyl sites for hydroxylation is 1. The zero-order valence-corrected chi connectivity index (χ0v) is 15.0. The summed E-state index contributed by atoms with van der Waals surface area (Å²) in [5.41, 5.74) is 2.87. The predicted octanol–water partition coefficient (Wildman–Crippen LogP) is 2.91. The Morgan fingerprint density at radius 1 is 1.04 bits per heavy atom. The molecule has 0 spiro atoms. The number of ether oxygens (including phenoxy) is 1. The number of aromatic nitrogens is 1. The van der Waals surface area contributed by atoms with E-state index in [4.69, 9.17) is 4.74 Å². The second kappa shape index (κ2) is 8.01. The molecule has 2 amide bonds. The first-order valence-corrected chi connectivity index (χ1v) is 8.74. The fraction of sp³-hybridized carbons (Fsp3) is 0.300. The highest BCUT2D eigenvalue weighted by atomic mass is 16.5. The standard InChI is InChI=1S/C20H23N3O3/c1-3-23-17-8-5-4-7-15(17)16-13-14(9-10-18(16)23)22-20(25)19(24)21-11-6-12-26-2/h4-5,7-10,13H,3,6,11-12H2,1-2H3,(H,21,24)(H,22,25). The smallest absolute Gasteiger partial charge is 0.313 e. The number of nitrogens with zero attached hydrogens (tertiary/aromatic N) is 1. The summed E-state index contributed by atoms with van der Waals surface area (Å²) in [6.45, 7) is 3.91. The Morgan fingerprint density at radius 2 is 1.81 bits per heavy atom. The van der Waals surface area contributed by atoms with Gasteiger partial charge in [0, 0.05) is 54.3 Å². The Balaban J connectivity index is 1.80. The first-order valence-electron chi connectivity index (χ1n) is 8.74. The quantitative estimate of drug-likeness (QED) is 0.529. The Hall–Kier alpha value is -2.86. The van der Waals surface area contributed by atoms with Gasteiger partial charge in [-0.2, -0.15) is 0 Å². The van der Waals surface area contributed by atoms with Gasteiger partial charge in [-0.1, -0.05) is 18.2 Å². The molecular formula is C20H23N3O3. The molecule has 2 N–H and O–H groups in total. The number of nitrogens with one attached hydrogen (secondary N) is 2. The first-order chi connectivity index (χ1) is 12.7. The van der Waals surface area contributed by atoms with Gasteiger partial charge in [0.1, 0.15) is 0 Å². The summed E-state index contributed by atoms with van der Waals surface area (Å²) in [5.74, 6) is -1.31. The molecule has 136 valence electrons. The van der Waals surface area contributed by atoms with Gasteiger partial charge in [-0.3, -0.25) is 9.59 Å². The van der Waals surface area contributed by atoms with E-state index in [9.17, 15) is 9.59 Å². The lowest BCUT2D eigenvalue weighted by Crippen LogP contribution is -2.36. The predicted molar refractivity (Wildman–Crippen MR) is 103 cm³/mol. The van der Waals surface area contributed by atoms with Crippen LogP contribution in [0.4, 0.5) is 5.69 Å². The number of carbonyl (C=O) groups excluding carboxylic acids is 2. The molecule has 3 rings (SSSR count). The third-order valence-electron chi connectivity index (χ3n) is 4.36. The maximum absolute atomic E-state index is 12.1. The van der Waals surface area contributed by atoms with Crippen LogP contribution in [0, 0.1) is 0 Å². The minimum atomic E-state index is -0.666. The van der Waals surface area contributed by atoms with E-state index in [0.29, 0.717) is 25.3 Å². The maximum Gasteiger partial charge on any atom is 0.313 e. The van der Waals surface area contributed by atoms with Crippen molar-refractivity contribution in [2.45, 2.75) is 19.9 Å². The van der Waals surface area contributed by atoms with E-state index in [2.05, 4.69) is 34.3 Å². The van der Waals surface area contributed by atoms with Crippen LogP contribution in [0.2, 0.25) is 0 Å². The molecule has 6 nitrogen and oxygen atoms in total. The van der Waals surface area contributed by atoms with E-state index in [1.165, 1.54) is 0 Å². The third-order valence-corrected chi connectivity index (χ3v) is 4.36. The van der Waals surface area contributed by atoms with Crippen LogP contribution < -0.4 is 10.6 Å². The van der Waals surface area contributed by atoms with Gasteiger partial charge >= 0.3 is 11.8 Å². The summed E-state index contributed by atoms with van der Waals surface area (Å²) in [6.07, 6.45) is 0.665. The minimum absolute atomic E-state index is 0.406. The van der Waals surface area contributed by atoms with Crippen LogP contribution in [0.5, 0.6) is 0 Å². The normalized spacial score (nSPS) is 11.0. The first kappa shape index (κ1) is 17.9. The molecule has 0 fully saturated rings. The van der Waals surface area contributed by atoms with Crippen LogP contribution in [0.15, 0.2) is 42.5 Å². The van der Waals surface area contributed by atoms with E-state index in [-0.39, 0.29) is 0 Å². The SMILES string of the molecule is CCn1c2ccccc2c2cc(NC(=O)C(=O)NCCCOC)ccc21. The Labute approximate surface area is 152 Å². The lowest BCUT2D eigenvalue weighted by Gasteiger charge is -2.07. The zero-order chi connectivity index (χ0) is 18.5. The molecule has 0 unspecified atom stereocenters. The third kappa shape index (κ3) is 3.55. The van der Waals surface area contributed by atoms with Gasteiger partial charge in [0.2, 0.25) is 0 Å². The highest BCUT2D eigenvalue weighted by molar-refractivity contribution is 6.39. The number of amides is 2. The molecule has 2 aromatic carbocycles. The van der Waals surface area contributed by atoms with E-state index in [1.807, 2.05) is 30.3 Å². The number of benzene rings is 2. The highest BCUT2D eigenvalue weighted by Crippen LogP contribution is 2.30. The van der Waals surface area contributed by atoms with E-state index in [1.54, 1.807) is 7.11 Å². The van der Waals surface area contributed by atoms with Crippen LogP contribution in [0.25, 0.3) is 21.8 Å². The molecule has 26 heavy (non-hydrogen) atoms. The molecule has 0 bridgehead atoms. The molecule has 1 heterocycles. The Morgan fingerprint density at radius 3 is 2.58 bits per heavy atom. The summed E-state index contributed by atoms with van der Waals surface area (Å²) < 4.78 is 7.15. The summed E-state index contributed by atoms with van der Waals surface area (Å²) in [5, 5.41) is 7.44. The lowest BCUT2D eigenvalue weighted by atomic mass is 10.1. The van der Waals surface area contributed by atoms with E-state index < -0.39 is 11.8 Å². The topological polar surface area (TPSA) is 72.4 Å². The fourth-order valence-electron chi connectivity index (χ4n) is 3.16.